The number of aliphatic hydroxyl groups excluding tert-OH is 1. The first-order valence-electron chi connectivity index (χ1n) is 15.3. The third-order valence-electron chi connectivity index (χ3n) is 8.03. The molecule has 1 amide bonds. The van der Waals surface area contributed by atoms with E-state index in [0.717, 1.165) is 17.5 Å². The summed E-state index contributed by atoms with van der Waals surface area (Å²) in [6.45, 7) is 3.96. The van der Waals surface area contributed by atoms with Gasteiger partial charge in [-0.1, -0.05) is 65.1 Å². The van der Waals surface area contributed by atoms with Gasteiger partial charge in [0.25, 0.3) is 0 Å². The Morgan fingerprint density at radius 2 is 1.83 bits per heavy atom. The van der Waals surface area contributed by atoms with Crippen molar-refractivity contribution in [1.29, 1.82) is 0 Å². The SMILES string of the molecule is COc1cc(-c2nccc(-c3cccc(-c4cc(Cl)c(CNC[C@H]5CCC(=O)N5)c(OC)n4)c3Cl)c2Cl)ccc1CN(C)C[C@@H](C)O. The standard InChI is InChI=1S/C35H38Cl3N5O4/c1-20(44)18-43(2)19-22-9-8-21(14-30(22)46-3)34-33(38)25(12-13-40-34)24-6-5-7-26(32(24)37)29-15-28(36)27(35(42-29)47-4)17-39-16-23-10-11-31(45)41-23/h5-9,12-15,20,23,39,44H,10-11,16-19H2,1-4H3,(H,41,45)/t20-,23-/m1/s1. The summed E-state index contributed by atoms with van der Waals surface area (Å²) >= 11 is 20.9. The van der Waals surface area contributed by atoms with Crippen molar-refractivity contribution in [2.75, 3.05) is 34.4 Å². The van der Waals surface area contributed by atoms with E-state index in [1.807, 2.05) is 54.4 Å². The van der Waals surface area contributed by atoms with E-state index in [0.29, 0.717) is 92.9 Å². The van der Waals surface area contributed by atoms with Crippen LogP contribution in [-0.2, 0) is 17.9 Å². The zero-order chi connectivity index (χ0) is 33.7. The summed E-state index contributed by atoms with van der Waals surface area (Å²) in [6, 6.07) is 15.2. The number of halogens is 3. The molecule has 1 saturated heterocycles. The molecule has 2 aromatic heterocycles. The molecule has 4 aromatic rings. The molecule has 0 aliphatic carbocycles. The highest BCUT2D eigenvalue weighted by molar-refractivity contribution is 6.39. The largest absolute Gasteiger partial charge is 0.496 e. The van der Waals surface area contributed by atoms with Crippen molar-refractivity contribution in [2.24, 2.45) is 0 Å². The van der Waals surface area contributed by atoms with Crippen LogP contribution in [0.25, 0.3) is 33.6 Å². The summed E-state index contributed by atoms with van der Waals surface area (Å²) in [6.07, 6.45) is 2.62. The Kier molecular flexibility index (Phi) is 11.6. The number of aliphatic hydroxyl groups is 1. The Morgan fingerprint density at radius 1 is 1.06 bits per heavy atom. The quantitative estimate of drug-likeness (QED) is 0.143. The van der Waals surface area contributed by atoms with E-state index in [9.17, 15) is 9.90 Å². The van der Waals surface area contributed by atoms with Gasteiger partial charge in [0.1, 0.15) is 5.75 Å². The number of nitrogens with zero attached hydrogens (tertiary/aromatic N) is 3. The Hall–Kier alpha value is -3.44. The van der Waals surface area contributed by atoms with Gasteiger partial charge in [-0.2, -0.15) is 0 Å². The van der Waals surface area contributed by atoms with Gasteiger partial charge in [-0.05, 0) is 38.6 Å². The lowest BCUT2D eigenvalue weighted by Crippen LogP contribution is -2.35. The van der Waals surface area contributed by atoms with Crippen molar-refractivity contribution < 1.29 is 19.4 Å². The molecule has 0 saturated carbocycles. The minimum Gasteiger partial charge on any atom is -0.496 e. The first-order chi connectivity index (χ1) is 22.6. The van der Waals surface area contributed by atoms with E-state index in [4.69, 9.17) is 49.3 Å². The maximum absolute atomic E-state index is 11.5. The second-order valence-corrected chi connectivity index (χ2v) is 12.8. The van der Waals surface area contributed by atoms with Crippen LogP contribution >= 0.6 is 34.8 Å². The highest BCUT2D eigenvalue weighted by Gasteiger charge is 2.22. The lowest BCUT2D eigenvalue weighted by Gasteiger charge is -2.20. The predicted octanol–water partition coefficient (Wildman–Crippen LogP) is 6.64. The summed E-state index contributed by atoms with van der Waals surface area (Å²) in [5.41, 5.74) is 5.71. The molecule has 3 heterocycles. The van der Waals surface area contributed by atoms with Gasteiger partial charge in [-0.25, -0.2) is 4.98 Å². The first kappa shape index (κ1) is 34.9. The van der Waals surface area contributed by atoms with E-state index in [1.54, 1.807) is 33.4 Å². The molecule has 0 spiro atoms. The highest BCUT2D eigenvalue weighted by atomic mass is 35.5. The first-order valence-corrected chi connectivity index (χ1v) is 16.4. The molecule has 47 heavy (non-hydrogen) atoms. The van der Waals surface area contributed by atoms with Crippen molar-refractivity contribution in [2.45, 2.75) is 45.0 Å². The number of rotatable bonds is 13. The van der Waals surface area contributed by atoms with Crippen LogP contribution in [0.5, 0.6) is 11.6 Å². The lowest BCUT2D eigenvalue weighted by atomic mass is 9.99. The van der Waals surface area contributed by atoms with Gasteiger partial charge in [0.2, 0.25) is 11.8 Å². The molecular formula is C35H38Cl3N5O4. The fourth-order valence-corrected chi connectivity index (χ4v) is 6.71. The van der Waals surface area contributed by atoms with Gasteiger partial charge in [0.05, 0.1) is 46.8 Å². The Bertz CT molecular complexity index is 1750. The monoisotopic (exact) mass is 697 g/mol. The zero-order valence-electron chi connectivity index (χ0n) is 26.7. The van der Waals surface area contributed by atoms with E-state index in [2.05, 4.69) is 15.6 Å². The number of hydrogen-bond donors (Lipinski definition) is 3. The molecule has 3 N–H and O–H groups in total. The average molecular weight is 699 g/mol. The summed E-state index contributed by atoms with van der Waals surface area (Å²) in [5.74, 6) is 1.16. The minimum absolute atomic E-state index is 0.0740. The van der Waals surface area contributed by atoms with Crippen LogP contribution < -0.4 is 20.1 Å². The molecule has 0 unspecified atom stereocenters. The number of carbonyl (C=O) groups excluding carboxylic acids is 1. The fourth-order valence-electron chi connectivity index (χ4n) is 5.81. The number of aromatic nitrogens is 2. The molecule has 12 heteroatoms. The molecule has 1 fully saturated rings. The number of carbonyl (C=O) groups is 1. The third kappa shape index (κ3) is 8.17. The van der Waals surface area contributed by atoms with Crippen LogP contribution in [0.15, 0.2) is 54.7 Å². The molecular weight excluding hydrogens is 661 g/mol. The summed E-state index contributed by atoms with van der Waals surface area (Å²) < 4.78 is 11.3. The van der Waals surface area contributed by atoms with Crippen LogP contribution in [-0.4, -0.2) is 72.4 Å². The normalized spacial score (nSPS) is 15.2. The van der Waals surface area contributed by atoms with Crippen LogP contribution in [0.1, 0.15) is 30.9 Å². The van der Waals surface area contributed by atoms with E-state index in [-0.39, 0.29) is 11.9 Å². The van der Waals surface area contributed by atoms with E-state index < -0.39 is 6.10 Å². The fraction of sp³-hybridized carbons (Fsp3) is 0.343. The smallest absolute Gasteiger partial charge is 0.220 e. The average Bonchev–Trinajstić information content (AvgIpc) is 3.46. The number of pyridine rings is 2. The van der Waals surface area contributed by atoms with Gasteiger partial charge < -0.3 is 25.2 Å². The number of hydrogen-bond acceptors (Lipinski definition) is 8. The summed E-state index contributed by atoms with van der Waals surface area (Å²) in [7, 11) is 5.13. The Balaban J connectivity index is 1.42. The third-order valence-corrected chi connectivity index (χ3v) is 9.16. The van der Waals surface area contributed by atoms with Gasteiger partial charge in [-0.3, -0.25) is 14.7 Å². The number of ether oxygens (including phenoxy) is 2. The maximum Gasteiger partial charge on any atom is 0.220 e. The number of benzene rings is 2. The maximum atomic E-state index is 11.5. The molecule has 248 valence electrons. The predicted molar refractivity (Wildman–Crippen MR) is 187 cm³/mol. The summed E-state index contributed by atoms with van der Waals surface area (Å²) in [5, 5.41) is 17.4. The zero-order valence-corrected chi connectivity index (χ0v) is 29.0. The van der Waals surface area contributed by atoms with Crippen molar-refractivity contribution in [1.82, 2.24) is 25.5 Å². The van der Waals surface area contributed by atoms with Crippen molar-refractivity contribution in [3.63, 3.8) is 0 Å². The number of nitrogens with one attached hydrogen (secondary N) is 2. The Labute approximate surface area is 290 Å². The highest BCUT2D eigenvalue weighted by Crippen LogP contribution is 2.43. The van der Waals surface area contributed by atoms with Crippen molar-refractivity contribution in [3.8, 4) is 45.3 Å². The second kappa shape index (κ2) is 15.6. The Morgan fingerprint density at radius 3 is 2.53 bits per heavy atom. The lowest BCUT2D eigenvalue weighted by molar-refractivity contribution is -0.119. The van der Waals surface area contributed by atoms with E-state index in [1.165, 1.54) is 0 Å². The number of likely N-dealkylation sites (N-methyl/N-ethyl adjacent to an activating group) is 1. The van der Waals surface area contributed by atoms with Crippen LogP contribution in [0.3, 0.4) is 0 Å². The molecule has 0 radical (unpaired) electrons. The van der Waals surface area contributed by atoms with E-state index >= 15 is 0 Å². The van der Waals surface area contributed by atoms with Crippen molar-refractivity contribution in [3.05, 3.63) is 80.9 Å². The number of methoxy groups -OCH3 is 2. The minimum atomic E-state index is -0.434. The van der Waals surface area contributed by atoms with Crippen LogP contribution in [0.4, 0.5) is 0 Å². The summed E-state index contributed by atoms with van der Waals surface area (Å²) in [4.78, 5) is 22.9. The molecule has 2 atom stereocenters. The van der Waals surface area contributed by atoms with Gasteiger partial charge >= 0.3 is 0 Å². The molecule has 5 rings (SSSR count). The van der Waals surface area contributed by atoms with Crippen LogP contribution in [0, 0.1) is 0 Å². The topological polar surface area (TPSA) is 109 Å². The van der Waals surface area contributed by atoms with Gasteiger partial charge in [0, 0.05) is 78.2 Å². The molecule has 2 aromatic carbocycles. The molecule has 0 bridgehead atoms. The molecule has 9 nitrogen and oxygen atoms in total. The van der Waals surface area contributed by atoms with Gasteiger partial charge in [0.15, 0.2) is 0 Å². The van der Waals surface area contributed by atoms with Crippen LogP contribution in [0.2, 0.25) is 15.1 Å². The van der Waals surface area contributed by atoms with Crippen molar-refractivity contribution >= 4 is 40.7 Å². The van der Waals surface area contributed by atoms with Gasteiger partial charge in [-0.15, -0.1) is 0 Å². The molecule has 1 aliphatic heterocycles. The second-order valence-electron chi connectivity index (χ2n) is 11.7. The number of amides is 1. The molecule has 1 aliphatic rings.